The number of fused-ring (bicyclic) bond motifs is 5. The molecule has 5 heterocycles. The number of esters is 2. The van der Waals surface area contributed by atoms with Crippen molar-refractivity contribution in [2.45, 2.75) is 148 Å². The van der Waals surface area contributed by atoms with Crippen LogP contribution < -0.4 is 10.1 Å². The highest BCUT2D eigenvalue weighted by atomic mass is 16.7. The maximum absolute atomic E-state index is 14.6. The Balaban J connectivity index is 1.47. The third kappa shape index (κ3) is 9.24. The van der Waals surface area contributed by atoms with Crippen LogP contribution in [0.15, 0.2) is 36.5 Å². The molecule has 4 saturated heterocycles. The first-order chi connectivity index (χ1) is 27.9. The lowest BCUT2D eigenvalue weighted by atomic mass is 9.73. The third-order valence-corrected chi connectivity index (χ3v) is 12.9. The number of aromatic nitrogens is 1. The number of para-hydroxylation sites is 1. The SMILES string of the molecule is CC[C@H]1OC(=O)[C@H](C)[C@H]2OCC(Oc3ccnc4ccccc34)CO[C@](C)(C[C@@H](C)C(=O)[C@H](C)[C@@H]3NC(=O)O[C@]13C)[C@H](O[C@@H]1O[C@H](C)C[C@H](N(C)C)[C@H]1OC(C)=O)[C@@H]2C. The van der Waals surface area contributed by atoms with Crippen LogP contribution in [0.1, 0.15) is 81.6 Å². The molecule has 1 N–H and O–H groups in total. The number of cyclic esters (lactones) is 1. The lowest BCUT2D eigenvalue weighted by molar-refractivity contribution is -0.305. The Kier molecular flexibility index (Phi) is 13.6. The van der Waals surface area contributed by atoms with Gasteiger partial charge in [-0.2, -0.15) is 0 Å². The quantitative estimate of drug-likeness (QED) is 0.284. The number of ether oxygens (including phenoxy) is 8. The van der Waals surface area contributed by atoms with Gasteiger partial charge in [0.1, 0.15) is 23.7 Å². The molecule has 15 nitrogen and oxygen atoms in total. The van der Waals surface area contributed by atoms with Gasteiger partial charge >= 0.3 is 18.0 Å². The Bertz CT molecular complexity index is 1840. The van der Waals surface area contributed by atoms with Gasteiger partial charge < -0.3 is 48.1 Å². The molecular weight excluding hydrogens is 762 g/mol. The Morgan fingerprint density at radius 1 is 1.02 bits per heavy atom. The van der Waals surface area contributed by atoms with E-state index in [0.29, 0.717) is 18.6 Å². The van der Waals surface area contributed by atoms with Crippen molar-refractivity contribution in [1.82, 2.24) is 15.2 Å². The number of carbonyl (C=O) groups is 4. The van der Waals surface area contributed by atoms with Crippen molar-refractivity contribution in [3.63, 3.8) is 0 Å². The van der Waals surface area contributed by atoms with Gasteiger partial charge in [-0.25, -0.2) is 4.79 Å². The highest BCUT2D eigenvalue weighted by Crippen LogP contribution is 2.43. The van der Waals surface area contributed by atoms with Gasteiger partial charge in [0.25, 0.3) is 0 Å². The number of alkyl carbamates (subject to hydrolysis) is 1. The fraction of sp³-hybridized carbons (Fsp3) is 0.705. The van der Waals surface area contributed by atoms with Gasteiger partial charge in [-0.1, -0.05) is 39.8 Å². The predicted molar refractivity (Wildman–Crippen MR) is 215 cm³/mol. The number of pyridine rings is 1. The topological polar surface area (TPSA) is 170 Å². The van der Waals surface area contributed by atoms with Gasteiger partial charge in [0.05, 0.1) is 60.6 Å². The maximum Gasteiger partial charge on any atom is 0.408 e. The van der Waals surface area contributed by atoms with Gasteiger partial charge in [0.2, 0.25) is 0 Å². The average molecular weight is 826 g/mol. The molecular formula is C44H63N3O12. The van der Waals surface area contributed by atoms with Crippen LogP contribution in [0, 0.1) is 23.7 Å². The highest BCUT2D eigenvalue weighted by Gasteiger charge is 2.58. The average Bonchev–Trinajstić information content (AvgIpc) is 3.52. The molecule has 0 aliphatic carbocycles. The molecule has 4 aliphatic rings. The lowest BCUT2D eigenvalue weighted by Gasteiger charge is -2.49. The number of nitrogens with one attached hydrogen (secondary N) is 1. The maximum atomic E-state index is 14.6. The first kappa shape index (κ1) is 44.7. The van der Waals surface area contributed by atoms with Crippen LogP contribution in [0.3, 0.4) is 0 Å². The summed E-state index contributed by atoms with van der Waals surface area (Å²) >= 11 is 0. The number of likely N-dealkylation sites (N-methyl/N-ethyl adjacent to an activating group) is 1. The smallest absolute Gasteiger partial charge is 0.408 e. The molecule has 15 atom stereocenters. The number of hydrogen-bond acceptors (Lipinski definition) is 14. The monoisotopic (exact) mass is 825 g/mol. The van der Waals surface area contributed by atoms with Crippen molar-refractivity contribution < 1.29 is 57.1 Å². The second-order valence-corrected chi connectivity index (χ2v) is 17.7. The van der Waals surface area contributed by atoms with E-state index in [-0.39, 0.29) is 37.6 Å². The summed E-state index contributed by atoms with van der Waals surface area (Å²) in [4.78, 5) is 61.1. The number of rotatable bonds is 7. The van der Waals surface area contributed by atoms with E-state index >= 15 is 0 Å². The van der Waals surface area contributed by atoms with Crippen molar-refractivity contribution in [3.05, 3.63) is 36.5 Å². The Hall–Kier alpha value is -3.89. The van der Waals surface area contributed by atoms with E-state index in [1.54, 1.807) is 33.0 Å². The van der Waals surface area contributed by atoms with Crippen LogP contribution >= 0.6 is 0 Å². The Labute approximate surface area is 347 Å². The minimum Gasteiger partial charge on any atom is -0.485 e. The van der Waals surface area contributed by atoms with E-state index in [9.17, 15) is 19.2 Å². The molecule has 2 bridgehead atoms. The summed E-state index contributed by atoms with van der Waals surface area (Å²) in [5, 5.41) is 3.66. The summed E-state index contributed by atoms with van der Waals surface area (Å²) in [7, 11) is 3.83. The summed E-state index contributed by atoms with van der Waals surface area (Å²) in [6, 6.07) is 8.40. The summed E-state index contributed by atoms with van der Waals surface area (Å²) in [6.45, 7) is 16.1. The zero-order valence-electron chi connectivity index (χ0n) is 36.3. The van der Waals surface area contributed by atoms with Gasteiger partial charge in [-0.05, 0) is 79.3 Å². The zero-order chi connectivity index (χ0) is 43.0. The van der Waals surface area contributed by atoms with E-state index in [0.717, 1.165) is 10.9 Å². The summed E-state index contributed by atoms with van der Waals surface area (Å²) in [5.74, 6) is -3.50. The highest BCUT2D eigenvalue weighted by molar-refractivity contribution is 5.86. The van der Waals surface area contributed by atoms with Crippen LogP contribution in [0.25, 0.3) is 10.9 Å². The minimum absolute atomic E-state index is 0.0138. The molecule has 4 fully saturated rings. The lowest BCUT2D eigenvalue weighted by Crippen LogP contribution is -2.61. The Morgan fingerprint density at radius 3 is 2.44 bits per heavy atom. The molecule has 0 spiro atoms. The van der Waals surface area contributed by atoms with E-state index < -0.39 is 95.8 Å². The van der Waals surface area contributed by atoms with Crippen molar-refractivity contribution in [2.24, 2.45) is 23.7 Å². The third-order valence-electron chi connectivity index (χ3n) is 12.9. The number of hydrogen-bond donors (Lipinski definition) is 1. The molecule has 1 unspecified atom stereocenters. The molecule has 59 heavy (non-hydrogen) atoms. The first-order valence-electron chi connectivity index (χ1n) is 21.0. The summed E-state index contributed by atoms with van der Waals surface area (Å²) in [5.41, 5.74) is -1.84. The van der Waals surface area contributed by atoms with Gasteiger partial charge in [-0.3, -0.25) is 19.4 Å². The Morgan fingerprint density at radius 2 is 1.75 bits per heavy atom. The fourth-order valence-electron chi connectivity index (χ4n) is 9.84. The number of nitrogens with zero attached hydrogens (tertiary/aromatic N) is 2. The number of carbonyl (C=O) groups excluding carboxylic acids is 4. The molecule has 15 heteroatoms. The largest absolute Gasteiger partial charge is 0.485 e. The fourth-order valence-corrected chi connectivity index (χ4v) is 9.84. The predicted octanol–water partition coefficient (Wildman–Crippen LogP) is 5.24. The molecule has 4 aliphatic heterocycles. The second kappa shape index (κ2) is 18.0. The molecule has 0 saturated carbocycles. The van der Waals surface area contributed by atoms with E-state index in [2.05, 4.69) is 10.3 Å². The molecule has 6 rings (SSSR count). The van der Waals surface area contributed by atoms with Crippen LogP contribution in [0.4, 0.5) is 4.79 Å². The summed E-state index contributed by atoms with van der Waals surface area (Å²) in [6.07, 6.45) is -3.42. The van der Waals surface area contributed by atoms with Crippen molar-refractivity contribution in [2.75, 3.05) is 27.3 Å². The molecule has 2 aromatic rings. The van der Waals surface area contributed by atoms with Gasteiger partial charge in [-0.15, -0.1) is 0 Å². The van der Waals surface area contributed by atoms with Gasteiger partial charge in [0.15, 0.2) is 18.0 Å². The van der Waals surface area contributed by atoms with E-state index in [1.165, 1.54) is 6.92 Å². The first-order valence-corrected chi connectivity index (χ1v) is 21.0. The van der Waals surface area contributed by atoms with Crippen molar-refractivity contribution in [3.8, 4) is 5.75 Å². The number of ketones is 1. The standard InChI is InChI=1S/C44H63N3O12/c1-12-34-44(9)38(46-42(51)59-44)25(4)35(49)23(2)20-43(8)39(58-41-37(55-28(7)48)32(47(10)11)19-24(3)54-41)26(5)36(27(6)40(50)57-34)52-21-29(22-53-43)56-33-17-18-45-31-16-14-13-15-30(31)33/h13-18,23-27,29,32,34,36-39,41H,12,19-22H2,1-11H3,(H,46,51)/t23-,24-,25+,26-,27-,29?,32+,34-,36+,37-,38+,39-,41+,43-,44-/m1/s1. The minimum atomic E-state index is -1.34. The van der Waals surface area contributed by atoms with E-state index in [1.807, 2.05) is 77.9 Å². The molecule has 0 radical (unpaired) electrons. The van der Waals surface area contributed by atoms with E-state index in [4.69, 9.17) is 37.9 Å². The second-order valence-electron chi connectivity index (χ2n) is 17.7. The van der Waals surface area contributed by atoms with Crippen molar-refractivity contribution >= 4 is 34.7 Å². The molecule has 1 aromatic carbocycles. The zero-order valence-corrected chi connectivity index (χ0v) is 36.3. The number of benzene rings is 1. The van der Waals surface area contributed by atoms with Crippen LogP contribution in [-0.4, -0.2) is 127 Å². The number of Topliss-reactive ketones (excluding diaryl/α,β-unsaturated/α-hetero) is 1. The van der Waals surface area contributed by atoms with Crippen LogP contribution in [0.5, 0.6) is 5.75 Å². The molecule has 1 amide bonds. The van der Waals surface area contributed by atoms with Crippen LogP contribution in [0.2, 0.25) is 0 Å². The number of amides is 1. The molecule has 326 valence electrons. The van der Waals surface area contributed by atoms with Gasteiger partial charge in [0, 0.05) is 36.3 Å². The molecule has 1 aromatic heterocycles. The normalized spacial score (nSPS) is 39.8. The van der Waals surface area contributed by atoms with Crippen LogP contribution in [-0.2, 0) is 47.5 Å². The summed E-state index contributed by atoms with van der Waals surface area (Å²) < 4.78 is 52.2. The van der Waals surface area contributed by atoms with Crippen molar-refractivity contribution in [1.29, 1.82) is 0 Å².